The first-order valence-corrected chi connectivity index (χ1v) is 9.98. The maximum absolute atomic E-state index is 13.0. The van der Waals surface area contributed by atoms with Crippen molar-refractivity contribution >= 4 is 22.6 Å². The lowest BCUT2D eigenvalue weighted by molar-refractivity contribution is -0.116. The van der Waals surface area contributed by atoms with E-state index in [1.165, 1.54) is 0 Å². The van der Waals surface area contributed by atoms with Gasteiger partial charge in [-0.05, 0) is 43.5 Å². The van der Waals surface area contributed by atoms with Crippen LogP contribution in [-0.2, 0) is 17.9 Å². The van der Waals surface area contributed by atoms with Gasteiger partial charge in [0.25, 0.3) is 5.56 Å². The summed E-state index contributed by atoms with van der Waals surface area (Å²) in [6, 6.07) is 15.7. The first-order chi connectivity index (χ1) is 14.5. The van der Waals surface area contributed by atoms with Crippen molar-refractivity contribution in [3.63, 3.8) is 0 Å². The van der Waals surface area contributed by atoms with Gasteiger partial charge >= 0.3 is 0 Å². The molecular weight excluding hydrogens is 376 g/mol. The second-order valence-electron chi connectivity index (χ2n) is 7.44. The van der Waals surface area contributed by atoms with Crippen LogP contribution in [0.2, 0.25) is 0 Å². The third-order valence-corrected chi connectivity index (χ3v) is 5.25. The number of aromatic nitrogens is 3. The van der Waals surface area contributed by atoms with Gasteiger partial charge in [0.1, 0.15) is 17.6 Å². The molecule has 2 aromatic heterocycles. The Morgan fingerprint density at radius 3 is 2.57 bits per heavy atom. The summed E-state index contributed by atoms with van der Waals surface area (Å²) in [7, 11) is 0. The molecule has 4 aromatic rings. The molecule has 0 aliphatic heterocycles. The van der Waals surface area contributed by atoms with Crippen molar-refractivity contribution in [3.8, 4) is 11.1 Å². The quantitative estimate of drug-likeness (QED) is 0.547. The number of benzene rings is 2. The number of nitrogens with one attached hydrogen (secondary N) is 1. The molecule has 6 nitrogen and oxygen atoms in total. The summed E-state index contributed by atoms with van der Waals surface area (Å²) in [6.07, 6.45) is 3.41. The zero-order valence-electron chi connectivity index (χ0n) is 17.3. The van der Waals surface area contributed by atoms with Gasteiger partial charge in [0.2, 0.25) is 5.91 Å². The zero-order chi connectivity index (χ0) is 21.3. The molecule has 30 heavy (non-hydrogen) atoms. The topological polar surface area (TPSA) is 68.9 Å². The van der Waals surface area contributed by atoms with Crippen LogP contribution < -0.4 is 10.9 Å². The highest BCUT2D eigenvalue weighted by Crippen LogP contribution is 2.27. The van der Waals surface area contributed by atoms with Crippen molar-refractivity contribution in [1.29, 1.82) is 0 Å². The van der Waals surface area contributed by atoms with Crippen molar-refractivity contribution in [1.82, 2.24) is 14.1 Å². The first kappa shape index (κ1) is 19.6. The standard InChI is InChI=1S/C24H24N4O2/c1-4-27-15-25-22-19(18-8-6-5-7-9-18)13-28(23(22)24(27)30)14-21(29)26-20-12-16(2)10-11-17(20)3/h5-13,15H,4,14H2,1-3H3,(H,26,29). The average Bonchev–Trinajstić information content (AvgIpc) is 3.10. The summed E-state index contributed by atoms with van der Waals surface area (Å²) in [5.74, 6) is -0.188. The highest BCUT2D eigenvalue weighted by Gasteiger charge is 2.18. The Bertz CT molecular complexity index is 1290. The van der Waals surface area contributed by atoms with E-state index in [0.29, 0.717) is 17.6 Å². The number of carbonyl (C=O) groups excluding carboxylic acids is 1. The highest BCUT2D eigenvalue weighted by molar-refractivity contribution is 5.96. The minimum atomic E-state index is -0.188. The van der Waals surface area contributed by atoms with Crippen LogP contribution in [-0.4, -0.2) is 20.0 Å². The maximum atomic E-state index is 13.0. The van der Waals surface area contributed by atoms with E-state index >= 15 is 0 Å². The van der Waals surface area contributed by atoms with Crippen molar-refractivity contribution in [2.24, 2.45) is 0 Å². The number of anilines is 1. The van der Waals surface area contributed by atoms with Gasteiger partial charge in [-0.2, -0.15) is 0 Å². The van der Waals surface area contributed by atoms with Crippen molar-refractivity contribution < 1.29 is 4.79 Å². The van der Waals surface area contributed by atoms with Gasteiger partial charge in [-0.1, -0.05) is 42.5 Å². The SMILES string of the molecule is CCn1cnc2c(-c3ccccc3)cn(CC(=O)Nc3cc(C)ccc3C)c2c1=O. The number of carbonyl (C=O) groups is 1. The van der Waals surface area contributed by atoms with Crippen LogP contribution in [0, 0.1) is 13.8 Å². The van der Waals surface area contributed by atoms with Crippen molar-refractivity contribution in [2.45, 2.75) is 33.9 Å². The minimum Gasteiger partial charge on any atom is -0.332 e. The molecular formula is C24H24N4O2. The Hall–Kier alpha value is -3.67. The fourth-order valence-corrected chi connectivity index (χ4v) is 3.61. The molecule has 0 atom stereocenters. The smallest absolute Gasteiger partial charge is 0.277 e. The third-order valence-electron chi connectivity index (χ3n) is 5.25. The molecule has 6 heteroatoms. The van der Waals surface area contributed by atoms with Crippen LogP contribution in [0.5, 0.6) is 0 Å². The maximum Gasteiger partial charge on any atom is 0.277 e. The molecule has 0 spiro atoms. The monoisotopic (exact) mass is 400 g/mol. The summed E-state index contributed by atoms with van der Waals surface area (Å²) < 4.78 is 3.26. The Morgan fingerprint density at radius 1 is 1.07 bits per heavy atom. The number of nitrogens with zero attached hydrogens (tertiary/aromatic N) is 3. The Labute approximate surface area is 174 Å². The second kappa shape index (κ2) is 7.99. The first-order valence-electron chi connectivity index (χ1n) is 9.98. The fraction of sp³-hybridized carbons (Fsp3) is 0.208. The van der Waals surface area contributed by atoms with E-state index in [1.54, 1.807) is 15.5 Å². The van der Waals surface area contributed by atoms with E-state index in [9.17, 15) is 9.59 Å². The number of rotatable bonds is 5. The van der Waals surface area contributed by atoms with Gasteiger partial charge in [0.05, 0.1) is 6.33 Å². The molecule has 152 valence electrons. The molecule has 0 aliphatic carbocycles. The van der Waals surface area contributed by atoms with Crippen LogP contribution in [0.4, 0.5) is 5.69 Å². The number of hydrogen-bond donors (Lipinski definition) is 1. The highest BCUT2D eigenvalue weighted by atomic mass is 16.2. The van der Waals surface area contributed by atoms with E-state index in [4.69, 9.17) is 0 Å². The molecule has 1 N–H and O–H groups in total. The van der Waals surface area contributed by atoms with Crippen LogP contribution in [0.15, 0.2) is 65.8 Å². The summed E-state index contributed by atoms with van der Waals surface area (Å²) in [5.41, 5.74) is 5.54. The lowest BCUT2D eigenvalue weighted by Gasteiger charge is -2.10. The molecule has 0 unspecified atom stereocenters. The summed E-state index contributed by atoms with van der Waals surface area (Å²) >= 11 is 0. The lowest BCUT2D eigenvalue weighted by atomic mass is 10.1. The Morgan fingerprint density at radius 2 is 1.83 bits per heavy atom. The summed E-state index contributed by atoms with van der Waals surface area (Å²) in [4.78, 5) is 30.4. The second-order valence-corrected chi connectivity index (χ2v) is 7.44. The van der Waals surface area contributed by atoms with Gasteiger partial charge in [-0.15, -0.1) is 0 Å². The fourth-order valence-electron chi connectivity index (χ4n) is 3.61. The van der Waals surface area contributed by atoms with Gasteiger partial charge in [0.15, 0.2) is 0 Å². The molecule has 0 aliphatic rings. The molecule has 0 saturated carbocycles. The predicted molar refractivity (Wildman–Crippen MR) is 120 cm³/mol. The van der Waals surface area contributed by atoms with Crippen LogP contribution >= 0.6 is 0 Å². The normalized spacial score (nSPS) is 11.0. The van der Waals surface area contributed by atoms with E-state index in [2.05, 4.69) is 10.3 Å². The Kier molecular flexibility index (Phi) is 5.23. The molecule has 4 rings (SSSR count). The van der Waals surface area contributed by atoms with E-state index in [-0.39, 0.29) is 18.0 Å². The molecule has 0 fully saturated rings. The molecule has 0 bridgehead atoms. The van der Waals surface area contributed by atoms with Crippen molar-refractivity contribution in [2.75, 3.05) is 5.32 Å². The zero-order valence-corrected chi connectivity index (χ0v) is 17.3. The summed E-state index contributed by atoms with van der Waals surface area (Å²) in [5, 5.41) is 2.97. The van der Waals surface area contributed by atoms with Crippen LogP contribution in [0.25, 0.3) is 22.2 Å². The number of fused-ring (bicyclic) bond motifs is 1. The third kappa shape index (κ3) is 3.64. The largest absolute Gasteiger partial charge is 0.332 e. The van der Waals surface area contributed by atoms with E-state index in [0.717, 1.165) is 27.9 Å². The van der Waals surface area contributed by atoms with E-state index in [1.807, 2.05) is 75.5 Å². The van der Waals surface area contributed by atoms with E-state index < -0.39 is 0 Å². The molecule has 2 heterocycles. The number of hydrogen-bond acceptors (Lipinski definition) is 3. The molecule has 0 saturated heterocycles. The van der Waals surface area contributed by atoms with Crippen LogP contribution in [0.3, 0.4) is 0 Å². The van der Waals surface area contributed by atoms with Gasteiger partial charge in [0, 0.05) is 24.0 Å². The number of aryl methyl sites for hydroxylation is 3. The number of amides is 1. The Balaban J connectivity index is 1.77. The minimum absolute atomic E-state index is 0.0291. The van der Waals surface area contributed by atoms with Crippen LogP contribution in [0.1, 0.15) is 18.1 Å². The molecule has 2 aromatic carbocycles. The lowest BCUT2D eigenvalue weighted by Crippen LogP contribution is -2.24. The van der Waals surface area contributed by atoms with Crippen molar-refractivity contribution in [3.05, 3.63) is 82.5 Å². The van der Waals surface area contributed by atoms with Gasteiger partial charge < -0.3 is 9.88 Å². The van der Waals surface area contributed by atoms with Gasteiger partial charge in [-0.25, -0.2) is 4.98 Å². The molecule has 0 radical (unpaired) electrons. The summed E-state index contributed by atoms with van der Waals surface area (Å²) in [6.45, 7) is 6.38. The predicted octanol–water partition coefficient (Wildman–Crippen LogP) is 4.14. The average molecular weight is 400 g/mol. The molecule has 1 amide bonds. The van der Waals surface area contributed by atoms with Gasteiger partial charge in [-0.3, -0.25) is 14.2 Å².